The minimum Gasteiger partial charge on any atom is -0.462 e. The van der Waals surface area contributed by atoms with Crippen molar-refractivity contribution in [2.45, 2.75) is 0 Å². The number of amides is 1. The predicted octanol–water partition coefficient (Wildman–Crippen LogP) is 1.73. The number of anilines is 1. The standard InChI is InChI=1S/C9H6ClF2NO3/c1-16-9(15)8(14)13-7-3-5(11)4(10)2-6(7)12/h2-3H,1H3,(H,13,14). The average molecular weight is 250 g/mol. The molecule has 0 aliphatic carbocycles. The number of rotatable bonds is 1. The zero-order valence-corrected chi connectivity index (χ0v) is 8.77. The van der Waals surface area contributed by atoms with Gasteiger partial charge in [0, 0.05) is 6.07 Å². The van der Waals surface area contributed by atoms with Crippen LogP contribution in [0.15, 0.2) is 12.1 Å². The van der Waals surface area contributed by atoms with Gasteiger partial charge in [-0.25, -0.2) is 13.6 Å². The van der Waals surface area contributed by atoms with Gasteiger partial charge in [0.1, 0.15) is 11.6 Å². The largest absolute Gasteiger partial charge is 0.462 e. The van der Waals surface area contributed by atoms with Crippen LogP contribution in [-0.2, 0) is 14.3 Å². The van der Waals surface area contributed by atoms with Gasteiger partial charge in [-0.3, -0.25) is 4.79 Å². The Balaban J connectivity index is 2.94. The molecule has 0 unspecified atom stereocenters. The van der Waals surface area contributed by atoms with Crippen LogP contribution >= 0.6 is 11.6 Å². The Kier molecular flexibility index (Phi) is 3.78. The van der Waals surface area contributed by atoms with Crippen molar-refractivity contribution in [3.05, 3.63) is 28.8 Å². The first-order valence-corrected chi connectivity index (χ1v) is 4.37. The molecule has 7 heteroatoms. The number of hydrogen-bond acceptors (Lipinski definition) is 3. The second kappa shape index (κ2) is 4.89. The predicted molar refractivity (Wildman–Crippen MR) is 52.0 cm³/mol. The molecular weight excluding hydrogens is 244 g/mol. The van der Waals surface area contributed by atoms with Crippen molar-refractivity contribution in [3.63, 3.8) is 0 Å². The van der Waals surface area contributed by atoms with Gasteiger partial charge in [0.2, 0.25) is 0 Å². The number of nitrogens with one attached hydrogen (secondary N) is 1. The van der Waals surface area contributed by atoms with E-state index in [9.17, 15) is 18.4 Å². The van der Waals surface area contributed by atoms with Crippen LogP contribution in [0.25, 0.3) is 0 Å². The van der Waals surface area contributed by atoms with Gasteiger partial charge in [-0.05, 0) is 6.07 Å². The van der Waals surface area contributed by atoms with Crippen molar-refractivity contribution in [1.29, 1.82) is 0 Å². The summed E-state index contributed by atoms with van der Waals surface area (Å²) in [5, 5.41) is 1.42. The second-order valence-corrected chi connectivity index (χ2v) is 3.10. The fourth-order valence-electron chi connectivity index (χ4n) is 0.884. The zero-order valence-electron chi connectivity index (χ0n) is 8.01. The minimum absolute atomic E-state index is 0.423. The van der Waals surface area contributed by atoms with Crippen LogP contribution in [0.5, 0.6) is 0 Å². The Hall–Kier alpha value is -1.69. The van der Waals surface area contributed by atoms with Crippen LogP contribution in [0.1, 0.15) is 0 Å². The third-order valence-corrected chi connectivity index (χ3v) is 1.92. The number of carbonyl (C=O) groups is 2. The molecule has 16 heavy (non-hydrogen) atoms. The molecule has 0 aliphatic heterocycles. The number of carbonyl (C=O) groups excluding carboxylic acids is 2. The normalized spacial score (nSPS) is 9.75. The molecule has 0 atom stereocenters. The summed E-state index contributed by atoms with van der Waals surface area (Å²) in [5.74, 6) is -4.29. The summed E-state index contributed by atoms with van der Waals surface area (Å²) in [6.45, 7) is 0. The highest BCUT2D eigenvalue weighted by Gasteiger charge is 2.17. The van der Waals surface area contributed by atoms with E-state index in [2.05, 4.69) is 4.74 Å². The fourth-order valence-corrected chi connectivity index (χ4v) is 1.03. The fraction of sp³-hybridized carbons (Fsp3) is 0.111. The van der Waals surface area contributed by atoms with Crippen molar-refractivity contribution >= 4 is 29.2 Å². The lowest BCUT2D eigenvalue weighted by atomic mass is 10.3. The lowest BCUT2D eigenvalue weighted by Gasteiger charge is -2.05. The van der Waals surface area contributed by atoms with Crippen LogP contribution < -0.4 is 5.32 Å². The maximum atomic E-state index is 13.1. The van der Waals surface area contributed by atoms with Gasteiger partial charge in [0.15, 0.2) is 0 Å². The van der Waals surface area contributed by atoms with E-state index < -0.39 is 34.2 Å². The quantitative estimate of drug-likeness (QED) is 0.468. The Bertz CT molecular complexity index is 451. The maximum Gasteiger partial charge on any atom is 0.396 e. The van der Waals surface area contributed by atoms with Crippen LogP contribution in [-0.4, -0.2) is 19.0 Å². The van der Waals surface area contributed by atoms with E-state index >= 15 is 0 Å². The number of esters is 1. The average Bonchev–Trinajstić information content (AvgIpc) is 2.24. The SMILES string of the molecule is COC(=O)C(=O)Nc1cc(F)c(Cl)cc1F. The number of halogens is 3. The molecule has 0 aromatic heterocycles. The first kappa shape index (κ1) is 12.4. The van der Waals surface area contributed by atoms with Gasteiger partial charge in [0.25, 0.3) is 0 Å². The smallest absolute Gasteiger partial charge is 0.396 e. The third kappa shape index (κ3) is 2.66. The molecule has 0 fully saturated rings. The van der Waals surface area contributed by atoms with Gasteiger partial charge < -0.3 is 10.1 Å². The first-order valence-electron chi connectivity index (χ1n) is 3.99. The van der Waals surface area contributed by atoms with Crippen molar-refractivity contribution in [2.75, 3.05) is 12.4 Å². The molecule has 0 heterocycles. The molecule has 1 amide bonds. The Morgan fingerprint density at radius 2 is 1.94 bits per heavy atom. The molecule has 0 saturated carbocycles. The number of benzene rings is 1. The monoisotopic (exact) mass is 249 g/mol. The summed E-state index contributed by atoms with van der Waals surface area (Å²) < 4.78 is 30.2. The van der Waals surface area contributed by atoms with Gasteiger partial charge in [-0.2, -0.15) is 0 Å². The van der Waals surface area contributed by atoms with E-state index in [0.29, 0.717) is 12.1 Å². The summed E-state index contributed by atoms with van der Waals surface area (Å²) in [6.07, 6.45) is 0. The Morgan fingerprint density at radius 3 is 2.50 bits per heavy atom. The van der Waals surface area contributed by atoms with E-state index in [1.165, 1.54) is 0 Å². The molecule has 1 rings (SSSR count). The van der Waals surface area contributed by atoms with E-state index in [1.807, 2.05) is 5.32 Å². The van der Waals surface area contributed by atoms with E-state index in [1.54, 1.807) is 0 Å². The van der Waals surface area contributed by atoms with Crippen LogP contribution in [0, 0.1) is 11.6 Å². The van der Waals surface area contributed by atoms with E-state index in [4.69, 9.17) is 11.6 Å². The van der Waals surface area contributed by atoms with Crippen LogP contribution in [0.4, 0.5) is 14.5 Å². The highest BCUT2D eigenvalue weighted by molar-refractivity contribution is 6.37. The van der Waals surface area contributed by atoms with Crippen molar-refractivity contribution < 1.29 is 23.1 Å². The molecule has 0 aliphatic rings. The molecule has 1 aromatic carbocycles. The Morgan fingerprint density at radius 1 is 1.31 bits per heavy atom. The topological polar surface area (TPSA) is 55.4 Å². The molecular formula is C9H6ClF2NO3. The second-order valence-electron chi connectivity index (χ2n) is 2.69. The molecule has 4 nitrogen and oxygen atoms in total. The third-order valence-electron chi connectivity index (χ3n) is 1.63. The van der Waals surface area contributed by atoms with Crippen molar-refractivity contribution in [3.8, 4) is 0 Å². The molecule has 0 bridgehead atoms. The van der Waals surface area contributed by atoms with Gasteiger partial charge >= 0.3 is 11.9 Å². The summed E-state index contributed by atoms with van der Waals surface area (Å²) >= 11 is 5.29. The molecule has 86 valence electrons. The molecule has 1 N–H and O–H groups in total. The highest BCUT2D eigenvalue weighted by atomic mass is 35.5. The maximum absolute atomic E-state index is 13.1. The van der Waals surface area contributed by atoms with Crippen molar-refractivity contribution in [2.24, 2.45) is 0 Å². The van der Waals surface area contributed by atoms with Gasteiger partial charge in [-0.1, -0.05) is 11.6 Å². The lowest BCUT2D eigenvalue weighted by Crippen LogP contribution is -2.24. The lowest BCUT2D eigenvalue weighted by molar-refractivity contribution is -0.150. The number of ether oxygens (including phenoxy) is 1. The summed E-state index contributed by atoms with van der Waals surface area (Å²) in [7, 11) is 0.987. The molecule has 0 spiro atoms. The van der Waals surface area contributed by atoms with E-state index in [-0.39, 0.29) is 0 Å². The highest BCUT2D eigenvalue weighted by Crippen LogP contribution is 2.22. The minimum atomic E-state index is -1.21. The molecule has 0 saturated heterocycles. The van der Waals surface area contributed by atoms with Gasteiger partial charge in [-0.15, -0.1) is 0 Å². The summed E-state index contributed by atoms with van der Waals surface area (Å²) in [5.41, 5.74) is -0.489. The number of hydrogen-bond donors (Lipinski definition) is 1. The molecule has 1 aromatic rings. The van der Waals surface area contributed by atoms with E-state index in [0.717, 1.165) is 7.11 Å². The molecule has 0 radical (unpaired) electrons. The van der Waals surface area contributed by atoms with Crippen LogP contribution in [0.2, 0.25) is 5.02 Å². The van der Waals surface area contributed by atoms with Crippen LogP contribution in [0.3, 0.4) is 0 Å². The van der Waals surface area contributed by atoms with Crippen molar-refractivity contribution in [1.82, 2.24) is 0 Å². The van der Waals surface area contributed by atoms with Gasteiger partial charge in [0.05, 0.1) is 17.8 Å². The first-order chi connectivity index (χ1) is 7.45. The summed E-state index contributed by atoms with van der Waals surface area (Å²) in [6, 6.07) is 1.35. The zero-order chi connectivity index (χ0) is 12.3. The number of methoxy groups -OCH3 is 1. The summed E-state index contributed by atoms with van der Waals surface area (Å²) in [4.78, 5) is 21.7. The Labute approximate surface area is 94.1 Å².